The number of thiophene rings is 1. The summed E-state index contributed by atoms with van der Waals surface area (Å²) in [5.41, 5.74) is 1.16. The molecule has 2 rings (SSSR count). The van der Waals surface area contributed by atoms with Crippen LogP contribution in [-0.4, -0.2) is 37.7 Å². The molecule has 0 atom stereocenters. The van der Waals surface area contributed by atoms with Crippen molar-refractivity contribution in [3.8, 4) is 5.75 Å². The topological polar surface area (TPSA) is 38.8 Å². The maximum absolute atomic E-state index is 12.4. The van der Waals surface area contributed by atoms with Gasteiger partial charge in [0.25, 0.3) is 5.91 Å². The van der Waals surface area contributed by atoms with E-state index in [0.717, 1.165) is 10.4 Å². The number of nitrogens with zero attached hydrogens (tertiary/aromatic N) is 1. The summed E-state index contributed by atoms with van der Waals surface area (Å²) in [6.45, 7) is 3.73. The molecule has 0 fully saturated rings. The number of hydrogen-bond acceptors (Lipinski definition) is 4. The van der Waals surface area contributed by atoms with Gasteiger partial charge in [0.2, 0.25) is 0 Å². The van der Waals surface area contributed by atoms with Gasteiger partial charge in [-0.3, -0.25) is 4.79 Å². The Morgan fingerprint density at radius 3 is 2.64 bits per heavy atom. The van der Waals surface area contributed by atoms with E-state index in [4.69, 9.17) is 9.47 Å². The van der Waals surface area contributed by atoms with Crippen molar-refractivity contribution >= 4 is 17.2 Å². The fraction of sp³-hybridized carbons (Fsp3) is 0.353. The molecule has 0 unspecified atom stereocenters. The highest BCUT2D eigenvalue weighted by molar-refractivity contribution is 7.09. The van der Waals surface area contributed by atoms with Gasteiger partial charge < -0.3 is 14.4 Å². The predicted octanol–water partition coefficient (Wildman–Crippen LogP) is 3.11. The Kier molecular flexibility index (Phi) is 6.43. The van der Waals surface area contributed by atoms with Gasteiger partial charge in [-0.25, -0.2) is 0 Å². The molecule has 1 aromatic heterocycles. The standard InChI is InChI=1S/C17H21NO3S/c1-14-5-7-15(8-6-14)21-13-17(19)18(9-10-20-2)12-16-4-3-11-22-16/h3-8,11H,9-10,12-13H2,1-2H3. The minimum absolute atomic E-state index is 0.0361. The monoisotopic (exact) mass is 319 g/mol. The van der Waals surface area contributed by atoms with Crippen LogP contribution in [0.4, 0.5) is 0 Å². The van der Waals surface area contributed by atoms with Crippen LogP contribution in [0.25, 0.3) is 0 Å². The van der Waals surface area contributed by atoms with Crippen molar-refractivity contribution in [3.05, 3.63) is 52.2 Å². The van der Waals surface area contributed by atoms with E-state index in [0.29, 0.717) is 25.4 Å². The fourth-order valence-electron chi connectivity index (χ4n) is 1.95. The van der Waals surface area contributed by atoms with E-state index in [1.54, 1.807) is 23.3 Å². The van der Waals surface area contributed by atoms with Gasteiger partial charge in [0, 0.05) is 18.5 Å². The number of amides is 1. The smallest absolute Gasteiger partial charge is 0.260 e. The van der Waals surface area contributed by atoms with Crippen LogP contribution in [0.1, 0.15) is 10.4 Å². The molecule has 0 radical (unpaired) electrons. The minimum atomic E-state index is -0.0361. The molecule has 1 amide bonds. The van der Waals surface area contributed by atoms with Gasteiger partial charge >= 0.3 is 0 Å². The van der Waals surface area contributed by atoms with Crippen LogP contribution in [0.15, 0.2) is 41.8 Å². The molecule has 0 aliphatic carbocycles. The van der Waals surface area contributed by atoms with Gasteiger partial charge in [-0.1, -0.05) is 23.8 Å². The normalized spacial score (nSPS) is 10.5. The first-order chi connectivity index (χ1) is 10.7. The molecule has 0 saturated carbocycles. The molecule has 1 heterocycles. The molecule has 118 valence electrons. The number of methoxy groups -OCH3 is 1. The number of rotatable bonds is 8. The van der Waals surface area contributed by atoms with Crippen molar-refractivity contribution in [2.45, 2.75) is 13.5 Å². The molecule has 0 saturated heterocycles. The minimum Gasteiger partial charge on any atom is -0.484 e. The summed E-state index contributed by atoms with van der Waals surface area (Å²) in [6.07, 6.45) is 0. The van der Waals surface area contributed by atoms with Gasteiger partial charge in [-0.15, -0.1) is 11.3 Å². The first-order valence-electron chi connectivity index (χ1n) is 7.17. The van der Waals surface area contributed by atoms with Gasteiger partial charge in [-0.2, -0.15) is 0 Å². The summed E-state index contributed by atoms with van der Waals surface area (Å²) in [5.74, 6) is 0.674. The lowest BCUT2D eigenvalue weighted by atomic mass is 10.2. The highest BCUT2D eigenvalue weighted by Gasteiger charge is 2.15. The number of aryl methyl sites for hydroxylation is 1. The maximum atomic E-state index is 12.4. The van der Waals surface area contributed by atoms with Crippen molar-refractivity contribution in [1.29, 1.82) is 0 Å². The third-order valence-corrected chi connectivity index (χ3v) is 4.09. The van der Waals surface area contributed by atoms with Crippen molar-refractivity contribution in [3.63, 3.8) is 0 Å². The Labute approximate surface area is 135 Å². The average Bonchev–Trinajstić information content (AvgIpc) is 3.03. The average molecular weight is 319 g/mol. The van der Waals surface area contributed by atoms with Crippen molar-refractivity contribution in [2.24, 2.45) is 0 Å². The molecule has 2 aromatic rings. The van der Waals surface area contributed by atoms with Gasteiger partial charge in [0.15, 0.2) is 6.61 Å². The second kappa shape index (κ2) is 8.56. The third-order valence-electron chi connectivity index (χ3n) is 3.23. The molecule has 0 spiro atoms. The molecule has 0 bridgehead atoms. The summed E-state index contributed by atoms with van der Waals surface area (Å²) in [6, 6.07) is 11.7. The van der Waals surface area contributed by atoms with Crippen molar-refractivity contribution in [2.75, 3.05) is 26.9 Å². The van der Waals surface area contributed by atoms with Crippen LogP contribution in [0.3, 0.4) is 0 Å². The molecular formula is C17H21NO3S. The zero-order valence-corrected chi connectivity index (χ0v) is 13.8. The van der Waals surface area contributed by atoms with E-state index in [9.17, 15) is 4.79 Å². The number of hydrogen-bond donors (Lipinski definition) is 0. The second-order valence-electron chi connectivity index (χ2n) is 4.99. The van der Waals surface area contributed by atoms with Crippen LogP contribution >= 0.6 is 11.3 Å². The highest BCUT2D eigenvalue weighted by atomic mass is 32.1. The number of carbonyl (C=O) groups is 1. The summed E-state index contributed by atoms with van der Waals surface area (Å²) < 4.78 is 10.7. The summed E-state index contributed by atoms with van der Waals surface area (Å²) in [7, 11) is 1.64. The number of carbonyl (C=O) groups excluding carboxylic acids is 1. The summed E-state index contributed by atoms with van der Waals surface area (Å²) in [4.78, 5) is 15.3. The lowest BCUT2D eigenvalue weighted by molar-refractivity contribution is -0.134. The van der Waals surface area contributed by atoms with Crippen molar-refractivity contribution in [1.82, 2.24) is 4.90 Å². The molecule has 1 aromatic carbocycles. The number of benzene rings is 1. The van der Waals surface area contributed by atoms with Crippen LogP contribution < -0.4 is 4.74 Å². The molecule has 5 heteroatoms. The van der Waals surface area contributed by atoms with E-state index in [2.05, 4.69) is 0 Å². The predicted molar refractivity (Wildman–Crippen MR) is 88.3 cm³/mol. The lowest BCUT2D eigenvalue weighted by Gasteiger charge is -2.22. The first-order valence-corrected chi connectivity index (χ1v) is 8.05. The Morgan fingerprint density at radius 2 is 2.00 bits per heavy atom. The summed E-state index contributed by atoms with van der Waals surface area (Å²) >= 11 is 1.64. The Balaban J connectivity index is 1.91. The third kappa shape index (κ3) is 5.16. The van der Waals surface area contributed by atoms with E-state index in [1.807, 2.05) is 48.7 Å². The molecule has 4 nitrogen and oxygen atoms in total. The molecule has 0 aliphatic rings. The largest absolute Gasteiger partial charge is 0.484 e. The number of ether oxygens (including phenoxy) is 2. The Morgan fingerprint density at radius 1 is 1.23 bits per heavy atom. The van der Waals surface area contributed by atoms with E-state index >= 15 is 0 Å². The van der Waals surface area contributed by atoms with Gasteiger partial charge in [0.05, 0.1) is 13.2 Å². The van der Waals surface area contributed by atoms with Gasteiger partial charge in [0.1, 0.15) is 5.75 Å². The molecule has 0 aliphatic heterocycles. The molecule has 22 heavy (non-hydrogen) atoms. The summed E-state index contributed by atoms with van der Waals surface area (Å²) in [5, 5.41) is 2.01. The quantitative estimate of drug-likeness (QED) is 0.750. The Bertz CT molecular complexity index is 566. The van der Waals surface area contributed by atoms with Crippen LogP contribution in [0, 0.1) is 6.92 Å². The Hall–Kier alpha value is -1.85. The zero-order valence-electron chi connectivity index (χ0n) is 13.0. The zero-order chi connectivity index (χ0) is 15.8. The highest BCUT2D eigenvalue weighted by Crippen LogP contribution is 2.14. The van der Waals surface area contributed by atoms with Crippen LogP contribution in [0.2, 0.25) is 0 Å². The van der Waals surface area contributed by atoms with Gasteiger partial charge in [-0.05, 0) is 30.5 Å². The van der Waals surface area contributed by atoms with E-state index in [1.165, 1.54) is 0 Å². The first kappa shape index (κ1) is 16.5. The van der Waals surface area contributed by atoms with E-state index in [-0.39, 0.29) is 12.5 Å². The lowest BCUT2D eigenvalue weighted by Crippen LogP contribution is -2.36. The van der Waals surface area contributed by atoms with E-state index < -0.39 is 0 Å². The molecule has 0 N–H and O–H groups in total. The van der Waals surface area contributed by atoms with Crippen molar-refractivity contribution < 1.29 is 14.3 Å². The van der Waals surface area contributed by atoms with Crippen LogP contribution in [-0.2, 0) is 16.1 Å². The SMILES string of the molecule is COCCN(Cc1cccs1)C(=O)COc1ccc(C)cc1. The second-order valence-corrected chi connectivity index (χ2v) is 6.02. The fourth-order valence-corrected chi connectivity index (χ4v) is 2.67. The van der Waals surface area contributed by atoms with Crippen LogP contribution in [0.5, 0.6) is 5.75 Å². The maximum Gasteiger partial charge on any atom is 0.260 e. The molecular weight excluding hydrogens is 298 g/mol.